The highest BCUT2D eigenvalue weighted by atomic mass is 32.2. The van der Waals surface area contributed by atoms with Gasteiger partial charge in [-0.15, -0.1) is 0 Å². The topological polar surface area (TPSA) is 93.5 Å². The number of aryl methyl sites for hydroxylation is 2. The quantitative estimate of drug-likeness (QED) is 0.576. The Morgan fingerprint density at radius 2 is 2.15 bits per heavy atom. The monoisotopic (exact) mass is 381 g/mol. The van der Waals surface area contributed by atoms with Crippen molar-refractivity contribution in [2.45, 2.75) is 26.3 Å². The summed E-state index contributed by atoms with van der Waals surface area (Å²) < 4.78 is 25.7. The van der Waals surface area contributed by atoms with Crippen LogP contribution in [0, 0.1) is 13.8 Å². The summed E-state index contributed by atoms with van der Waals surface area (Å²) in [6.07, 6.45) is 4.25. The van der Waals surface area contributed by atoms with Crippen LogP contribution in [0.25, 0.3) is 33.3 Å². The summed E-state index contributed by atoms with van der Waals surface area (Å²) in [6, 6.07) is 5.82. The van der Waals surface area contributed by atoms with E-state index in [2.05, 4.69) is 21.1 Å². The summed E-state index contributed by atoms with van der Waals surface area (Å²) >= 11 is 0. The van der Waals surface area contributed by atoms with Crippen molar-refractivity contribution in [1.29, 1.82) is 0 Å². The lowest BCUT2D eigenvalue weighted by Gasteiger charge is -2.10. The summed E-state index contributed by atoms with van der Waals surface area (Å²) in [5.74, 6) is 0.343. The number of H-pyrrole nitrogens is 1. The number of aromatic nitrogens is 5. The van der Waals surface area contributed by atoms with E-state index in [-0.39, 0.29) is 17.5 Å². The molecule has 1 unspecified atom stereocenters. The Morgan fingerprint density at radius 1 is 1.30 bits per heavy atom. The van der Waals surface area contributed by atoms with Crippen LogP contribution in [0.1, 0.15) is 23.7 Å². The highest BCUT2D eigenvalue weighted by Gasteiger charge is 2.31. The number of pyridine rings is 2. The first kappa shape index (κ1) is 16.4. The standard InChI is InChI=1S/C19H19N5O2S/c1-11-8-16(15-9-21-18-14(15)4-3-6-20-18)22-19-17(11)12(2)23-24(19)13-5-7-27(25,26)10-13/h3-4,6,8-9,13H,5,7,10H2,1-2H3,(H,20,21). The number of nitrogens with one attached hydrogen (secondary N) is 1. The molecule has 138 valence electrons. The van der Waals surface area contributed by atoms with Gasteiger partial charge in [-0.05, 0) is 44.0 Å². The molecule has 1 aliphatic rings. The molecule has 4 aromatic heterocycles. The van der Waals surface area contributed by atoms with Gasteiger partial charge in [0.25, 0.3) is 0 Å². The van der Waals surface area contributed by atoms with E-state index in [1.54, 1.807) is 6.20 Å². The molecule has 5 heterocycles. The molecule has 5 rings (SSSR count). The summed E-state index contributed by atoms with van der Waals surface area (Å²) in [4.78, 5) is 12.4. The SMILES string of the molecule is Cc1cc(-c2c[nH]c3ncccc23)nc2c1c(C)nn2C1CCS(=O)(=O)C1. The Hall–Kier alpha value is -2.74. The summed E-state index contributed by atoms with van der Waals surface area (Å²) in [7, 11) is -3.00. The molecule has 0 spiro atoms. The zero-order valence-corrected chi connectivity index (χ0v) is 15.9. The minimum absolute atomic E-state index is 0.130. The van der Waals surface area contributed by atoms with Gasteiger partial charge < -0.3 is 4.98 Å². The van der Waals surface area contributed by atoms with Gasteiger partial charge in [0.1, 0.15) is 5.65 Å². The Labute approximate surface area is 156 Å². The summed E-state index contributed by atoms with van der Waals surface area (Å²) in [5, 5.41) is 6.66. The van der Waals surface area contributed by atoms with E-state index >= 15 is 0 Å². The second kappa shape index (κ2) is 5.63. The first-order chi connectivity index (χ1) is 12.9. The second-order valence-electron chi connectivity index (χ2n) is 7.21. The van der Waals surface area contributed by atoms with Crippen LogP contribution in [0.4, 0.5) is 0 Å². The highest BCUT2D eigenvalue weighted by molar-refractivity contribution is 7.91. The molecule has 7 nitrogen and oxygen atoms in total. The third kappa shape index (κ3) is 2.55. The summed E-state index contributed by atoms with van der Waals surface area (Å²) in [6.45, 7) is 4.00. The molecular formula is C19H19N5O2S. The van der Waals surface area contributed by atoms with Crippen LogP contribution < -0.4 is 0 Å². The van der Waals surface area contributed by atoms with E-state index in [4.69, 9.17) is 4.98 Å². The third-order valence-electron chi connectivity index (χ3n) is 5.32. The van der Waals surface area contributed by atoms with Gasteiger partial charge in [-0.2, -0.15) is 5.10 Å². The predicted octanol–water partition coefficient (Wildman–Crippen LogP) is 2.95. The lowest BCUT2D eigenvalue weighted by atomic mass is 10.1. The van der Waals surface area contributed by atoms with Crippen molar-refractivity contribution in [3.05, 3.63) is 41.9 Å². The molecule has 0 aromatic carbocycles. The Kier molecular flexibility index (Phi) is 3.42. The smallest absolute Gasteiger partial charge is 0.159 e. The number of hydrogen-bond donors (Lipinski definition) is 1. The molecular weight excluding hydrogens is 362 g/mol. The van der Waals surface area contributed by atoms with Crippen molar-refractivity contribution in [2.24, 2.45) is 0 Å². The van der Waals surface area contributed by atoms with E-state index in [1.807, 2.05) is 36.9 Å². The Morgan fingerprint density at radius 3 is 2.93 bits per heavy atom. The van der Waals surface area contributed by atoms with Gasteiger partial charge in [-0.1, -0.05) is 0 Å². The maximum Gasteiger partial charge on any atom is 0.159 e. The molecule has 8 heteroatoms. The van der Waals surface area contributed by atoms with Crippen LogP contribution in [-0.4, -0.2) is 44.7 Å². The van der Waals surface area contributed by atoms with Crippen LogP contribution in [0.2, 0.25) is 0 Å². The largest absolute Gasteiger partial charge is 0.345 e. The van der Waals surface area contributed by atoms with E-state index in [0.29, 0.717) is 6.42 Å². The van der Waals surface area contributed by atoms with Gasteiger partial charge in [0.15, 0.2) is 15.5 Å². The van der Waals surface area contributed by atoms with Crippen molar-refractivity contribution in [3.63, 3.8) is 0 Å². The van der Waals surface area contributed by atoms with Gasteiger partial charge in [0.2, 0.25) is 0 Å². The molecule has 1 atom stereocenters. The Balaban J connectivity index is 1.73. The molecule has 0 radical (unpaired) electrons. The van der Waals surface area contributed by atoms with E-state index in [0.717, 1.165) is 44.6 Å². The van der Waals surface area contributed by atoms with Gasteiger partial charge >= 0.3 is 0 Å². The zero-order chi connectivity index (χ0) is 18.8. The number of sulfone groups is 1. The van der Waals surface area contributed by atoms with E-state index in [9.17, 15) is 8.42 Å². The average molecular weight is 381 g/mol. The van der Waals surface area contributed by atoms with Crippen molar-refractivity contribution in [1.82, 2.24) is 24.7 Å². The molecule has 1 aliphatic heterocycles. The molecule has 1 N–H and O–H groups in total. The van der Waals surface area contributed by atoms with Crippen molar-refractivity contribution >= 4 is 31.9 Å². The Bertz CT molecular complexity index is 1300. The van der Waals surface area contributed by atoms with Gasteiger partial charge in [0, 0.05) is 28.7 Å². The number of aromatic amines is 1. The molecule has 27 heavy (non-hydrogen) atoms. The maximum absolute atomic E-state index is 12.0. The number of hydrogen-bond acceptors (Lipinski definition) is 5. The number of rotatable bonds is 2. The molecule has 1 fully saturated rings. The fourth-order valence-electron chi connectivity index (χ4n) is 4.06. The summed E-state index contributed by atoms with van der Waals surface area (Å²) in [5.41, 5.74) is 5.35. The maximum atomic E-state index is 12.0. The van der Waals surface area contributed by atoms with Crippen LogP contribution >= 0.6 is 0 Å². The fourth-order valence-corrected chi connectivity index (χ4v) is 5.75. The number of nitrogens with zero attached hydrogens (tertiary/aromatic N) is 4. The zero-order valence-electron chi connectivity index (χ0n) is 15.1. The molecule has 4 aromatic rings. The lowest BCUT2D eigenvalue weighted by molar-refractivity contribution is 0.509. The molecule has 0 amide bonds. The minimum Gasteiger partial charge on any atom is -0.345 e. The van der Waals surface area contributed by atoms with Gasteiger partial charge in [0.05, 0.1) is 28.9 Å². The lowest BCUT2D eigenvalue weighted by Crippen LogP contribution is -2.13. The fraction of sp³-hybridized carbons (Fsp3) is 0.316. The highest BCUT2D eigenvalue weighted by Crippen LogP contribution is 2.33. The normalized spacial score (nSPS) is 19.3. The van der Waals surface area contributed by atoms with Crippen LogP contribution in [0.3, 0.4) is 0 Å². The molecule has 0 aliphatic carbocycles. The van der Waals surface area contributed by atoms with Crippen LogP contribution in [-0.2, 0) is 9.84 Å². The molecule has 0 saturated carbocycles. The van der Waals surface area contributed by atoms with Gasteiger partial charge in [-0.3, -0.25) is 0 Å². The first-order valence-corrected chi connectivity index (χ1v) is 10.7. The third-order valence-corrected chi connectivity index (χ3v) is 7.07. The second-order valence-corrected chi connectivity index (χ2v) is 9.44. The van der Waals surface area contributed by atoms with Crippen LogP contribution in [0.15, 0.2) is 30.6 Å². The molecule has 0 bridgehead atoms. The van der Waals surface area contributed by atoms with Crippen molar-refractivity contribution < 1.29 is 8.42 Å². The van der Waals surface area contributed by atoms with E-state index in [1.165, 1.54) is 0 Å². The first-order valence-electron chi connectivity index (χ1n) is 8.92. The van der Waals surface area contributed by atoms with E-state index < -0.39 is 9.84 Å². The van der Waals surface area contributed by atoms with Crippen LogP contribution in [0.5, 0.6) is 0 Å². The van der Waals surface area contributed by atoms with Crippen molar-refractivity contribution in [2.75, 3.05) is 11.5 Å². The molecule has 1 saturated heterocycles. The van der Waals surface area contributed by atoms with Gasteiger partial charge in [-0.25, -0.2) is 23.1 Å². The number of fused-ring (bicyclic) bond motifs is 2. The average Bonchev–Trinajstić information content (AvgIpc) is 3.30. The van der Waals surface area contributed by atoms with Crippen molar-refractivity contribution in [3.8, 4) is 11.3 Å². The predicted molar refractivity (Wildman–Crippen MR) is 104 cm³/mol. The minimum atomic E-state index is -3.00.